The van der Waals surface area contributed by atoms with E-state index < -0.39 is 0 Å². The Bertz CT molecular complexity index is 325. The smallest absolute Gasteiger partial charge is 0.165 e. The predicted molar refractivity (Wildman–Crippen MR) is 54.7 cm³/mol. The SMILES string of the molecule is CCOc1cccc2c1OCC[C@@H]2N. The Hall–Kier alpha value is -1.22. The van der Waals surface area contributed by atoms with Crippen molar-refractivity contribution in [1.29, 1.82) is 0 Å². The highest BCUT2D eigenvalue weighted by Gasteiger charge is 2.20. The third-order valence-corrected chi connectivity index (χ3v) is 2.38. The number of nitrogens with two attached hydrogens (primary N) is 1. The van der Waals surface area contributed by atoms with Crippen molar-refractivity contribution >= 4 is 0 Å². The summed E-state index contributed by atoms with van der Waals surface area (Å²) in [6.45, 7) is 3.29. The summed E-state index contributed by atoms with van der Waals surface area (Å²) in [6.07, 6.45) is 0.878. The van der Waals surface area contributed by atoms with E-state index in [-0.39, 0.29) is 6.04 Å². The molecule has 0 saturated carbocycles. The molecule has 1 aromatic carbocycles. The van der Waals surface area contributed by atoms with Gasteiger partial charge in [-0.05, 0) is 13.0 Å². The van der Waals surface area contributed by atoms with Gasteiger partial charge >= 0.3 is 0 Å². The van der Waals surface area contributed by atoms with Crippen molar-refractivity contribution in [3.8, 4) is 11.5 Å². The van der Waals surface area contributed by atoms with Crippen molar-refractivity contribution in [2.45, 2.75) is 19.4 Å². The Labute approximate surface area is 83.8 Å². The molecule has 1 aliphatic rings. The zero-order valence-electron chi connectivity index (χ0n) is 8.32. The first-order valence-corrected chi connectivity index (χ1v) is 4.97. The first kappa shape index (κ1) is 9.34. The zero-order chi connectivity index (χ0) is 9.97. The molecule has 3 nitrogen and oxygen atoms in total. The number of fused-ring (bicyclic) bond motifs is 1. The summed E-state index contributed by atoms with van der Waals surface area (Å²) < 4.78 is 11.0. The minimum absolute atomic E-state index is 0.0826. The fourth-order valence-electron chi connectivity index (χ4n) is 1.69. The van der Waals surface area contributed by atoms with Gasteiger partial charge in [-0.3, -0.25) is 0 Å². The first-order valence-electron chi connectivity index (χ1n) is 4.97. The summed E-state index contributed by atoms with van der Waals surface area (Å²) in [4.78, 5) is 0. The van der Waals surface area contributed by atoms with Gasteiger partial charge in [0.05, 0.1) is 13.2 Å². The topological polar surface area (TPSA) is 44.5 Å². The molecule has 14 heavy (non-hydrogen) atoms. The summed E-state index contributed by atoms with van der Waals surface area (Å²) in [6, 6.07) is 5.96. The first-order chi connectivity index (χ1) is 6.83. The molecule has 1 aliphatic heterocycles. The zero-order valence-corrected chi connectivity index (χ0v) is 8.32. The molecule has 76 valence electrons. The van der Waals surface area contributed by atoms with Crippen LogP contribution in [0.5, 0.6) is 11.5 Å². The van der Waals surface area contributed by atoms with Crippen LogP contribution in [-0.4, -0.2) is 13.2 Å². The second kappa shape index (κ2) is 3.88. The predicted octanol–water partition coefficient (Wildman–Crippen LogP) is 1.87. The minimum Gasteiger partial charge on any atom is -0.490 e. The molecule has 0 radical (unpaired) electrons. The van der Waals surface area contributed by atoms with Crippen LogP contribution < -0.4 is 15.2 Å². The van der Waals surface area contributed by atoms with E-state index in [0.717, 1.165) is 23.5 Å². The maximum Gasteiger partial charge on any atom is 0.165 e. The molecule has 2 N–H and O–H groups in total. The van der Waals surface area contributed by atoms with Crippen molar-refractivity contribution in [3.63, 3.8) is 0 Å². The summed E-state index contributed by atoms with van der Waals surface area (Å²) >= 11 is 0. The number of hydrogen-bond donors (Lipinski definition) is 1. The normalized spacial score (nSPS) is 19.7. The van der Waals surface area contributed by atoms with Crippen LogP contribution in [0.25, 0.3) is 0 Å². The van der Waals surface area contributed by atoms with Crippen molar-refractivity contribution < 1.29 is 9.47 Å². The van der Waals surface area contributed by atoms with Crippen molar-refractivity contribution in [1.82, 2.24) is 0 Å². The Morgan fingerprint density at radius 2 is 2.43 bits per heavy atom. The van der Waals surface area contributed by atoms with Crippen molar-refractivity contribution in [2.24, 2.45) is 5.73 Å². The molecule has 0 amide bonds. The van der Waals surface area contributed by atoms with E-state index in [4.69, 9.17) is 15.2 Å². The number of hydrogen-bond acceptors (Lipinski definition) is 3. The molecular weight excluding hydrogens is 178 g/mol. The number of para-hydroxylation sites is 1. The second-order valence-corrected chi connectivity index (χ2v) is 3.35. The van der Waals surface area contributed by atoms with Gasteiger partial charge in [-0.15, -0.1) is 0 Å². The molecule has 1 aromatic rings. The lowest BCUT2D eigenvalue weighted by Gasteiger charge is -2.24. The molecule has 0 aromatic heterocycles. The van der Waals surface area contributed by atoms with Gasteiger partial charge in [-0.25, -0.2) is 0 Å². The lowest BCUT2D eigenvalue weighted by atomic mass is 10.0. The number of ether oxygens (including phenoxy) is 2. The molecule has 3 heteroatoms. The van der Waals surface area contributed by atoms with Gasteiger partial charge in [0.25, 0.3) is 0 Å². The highest BCUT2D eigenvalue weighted by Crippen LogP contribution is 2.38. The Morgan fingerprint density at radius 3 is 3.21 bits per heavy atom. The minimum atomic E-state index is 0.0826. The van der Waals surface area contributed by atoms with Crippen molar-refractivity contribution in [2.75, 3.05) is 13.2 Å². The average molecular weight is 193 g/mol. The molecule has 2 rings (SSSR count). The fraction of sp³-hybridized carbons (Fsp3) is 0.455. The monoisotopic (exact) mass is 193 g/mol. The molecular formula is C11H15NO2. The summed E-state index contributed by atoms with van der Waals surface area (Å²) in [5.41, 5.74) is 7.03. The Kier molecular flexibility index (Phi) is 2.59. The largest absolute Gasteiger partial charge is 0.490 e. The van der Waals surface area contributed by atoms with Gasteiger partial charge in [0.15, 0.2) is 11.5 Å². The van der Waals surface area contributed by atoms with E-state index in [1.807, 2.05) is 25.1 Å². The average Bonchev–Trinajstić information content (AvgIpc) is 2.20. The standard InChI is InChI=1S/C11H15NO2/c1-2-13-10-5-3-4-8-9(12)6-7-14-11(8)10/h3-5,9H,2,6-7,12H2,1H3/t9-/m0/s1. The third-order valence-electron chi connectivity index (χ3n) is 2.38. The lowest BCUT2D eigenvalue weighted by Crippen LogP contribution is -2.20. The second-order valence-electron chi connectivity index (χ2n) is 3.35. The molecule has 1 heterocycles. The number of benzene rings is 1. The van der Waals surface area contributed by atoms with Crippen LogP contribution in [0.2, 0.25) is 0 Å². The van der Waals surface area contributed by atoms with Crippen LogP contribution >= 0.6 is 0 Å². The van der Waals surface area contributed by atoms with Gasteiger partial charge in [0.1, 0.15) is 0 Å². The van der Waals surface area contributed by atoms with Crippen LogP contribution in [-0.2, 0) is 0 Å². The van der Waals surface area contributed by atoms with Crippen LogP contribution in [0.1, 0.15) is 24.9 Å². The summed E-state index contributed by atoms with van der Waals surface area (Å²) in [5.74, 6) is 1.63. The maximum absolute atomic E-state index is 5.98. The molecule has 0 saturated heterocycles. The lowest BCUT2D eigenvalue weighted by molar-refractivity contribution is 0.243. The van der Waals surface area contributed by atoms with E-state index in [2.05, 4.69) is 0 Å². The van der Waals surface area contributed by atoms with Crippen LogP contribution in [0, 0.1) is 0 Å². The van der Waals surface area contributed by atoms with Crippen molar-refractivity contribution in [3.05, 3.63) is 23.8 Å². The van der Waals surface area contributed by atoms with E-state index in [1.165, 1.54) is 0 Å². The molecule has 1 atom stereocenters. The van der Waals surface area contributed by atoms with E-state index in [0.29, 0.717) is 13.2 Å². The summed E-state index contributed by atoms with van der Waals surface area (Å²) in [5, 5.41) is 0. The molecule has 0 unspecified atom stereocenters. The van der Waals surface area contributed by atoms with Gasteiger partial charge in [0, 0.05) is 18.0 Å². The van der Waals surface area contributed by atoms with E-state index >= 15 is 0 Å². The van der Waals surface area contributed by atoms with Gasteiger partial charge in [-0.1, -0.05) is 12.1 Å². The van der Waals surface area contributed by atoms with E-state index in [9.17, 15) is 0 Å². The van der Waals surface area contributed by atoms with Crippen LogP contribution in [0.15, 0.2) is 18.2 Å². The van der Waals surface area contributed by atoms with E-state index in [1.54, 1.807) is 0 Å². The maximum atomic E-state index is 5.98. The Morgan fingerprint density at radius 1 is 1.57 bits per heavy atom. The van der Waals surface area contributed by atoms with Crippen LogP contribution in [0.3, 0.4) is 0 Å². The fourth-order valence-corrected chi connectivity index (χ4v) is 1.69. The number of rotatable bonds is 2. The molecule has 0 bridgehead atoms. The van der Waals surface area contributed by atoms with Gasteiger partial charge in [-0.2, -0.15) is 0 Å². The highest BCUT2D eigenvalue weighted by atomic mass is 16.5. The van der Waals surface area contributed by atoms with Crippen LogP contribution in [0.4, 0.5) is 0 Å². The highest BCUT2D eigenvalue weighted by molar-refractivity contribution is 5.48. The Balaban J connectivity index is 2.39. The van der Waals surface area contributed by atoms with Gasteiger partial charge in [0.2, 0.25) is 0 Å². The molecule has 0 spiro atoms. The molecule has 0 aliphatic carbocycles. The summed E-state index contributed by atoms with van der Waals surface area (Å²) in [7, 11) is 0. The molecule has 0 fully saturated rings. The third kappa shape index (κ3) is 1.55. The quantitative estimate of drug-likeness (QED) is 0.779. The van der Waals surface area contributed by atoms with Gasteiger partial charge < -0.3 is 15.2 Å².